The molecule has 3 aromatic carbocycles. The molecule has 4 aromatic rings. The fourth-order valence-electron chi connectivity index (χ4n) is 4.65. The minimum atomic E-state index is -0.345. The lowest BCUT2D eigenvalue weighted by Crippen LogP contribution is -2.41. The van der Waals surface area contributed by atoms with Crippen molar-refractivity contribution in [3.63, 3.8) is 0 Å². The average Bonchev–Trinajstić information content (AvgIpc) is 3.16. The molecule has 0 N–H and O–H groups in total. The number of carbonyl (C=O) groups is 2. The second-order valence-electron chi connectivity index (χ2n) is 8.47. The molecule has 0 fully saturated rings. The first-order chi connectivity index (χ1) is 17.0. The van der Waals surface area contributed by atoms with Crippen LogP contribution in [-0.4, -0.2) is 23.0 Å². The van der Waals surface area contributed by atoms with Crippen molar-refractivity contribution < 1.29 is 14.3 Å². The third kappa shape index (κ3) is 3.95. The summed E-state index contributed by atoms with van der Waals surface area (Å²) in [5.74, 6) is 0.0155. The summed E-state index contributed by atoms with van der Waals surface area (Å²) in [5.41, 5.74) is 6.24. The van der Waals surface area contributed by atoms with Crippen LogP contribution >= 0.6 is 0 Å². The van der Waals surface area contributed by atoms with Gasteiger partial charge in [0.05, 0.1) is 12.3 Å². The van der Waals surface area contributed by atoms with Crippen molar-refractivity contribution in [3.05, 3.63) is 113 Å². The quantitative estimate of drug-likeness (QED) is 0.261. The molecule has 1 aliphatic rings. The highest BCUT2D eigenvalue weighted by Gasteiger charge is 2.36. The Hall–Kier alpha value is -4.38. The fraction of sp³-hybridized carbons (Fsp3) is 0.133. The predicted molar refractivity (Wildman–Crippen MR) is 139 cm³/mol. The monoisotopic (exact) mass is 462 g/mol. The predicted octanol–water partition coefficient (Wildman–Crippen LogP) is 6.22. The van der Waals surface area contributed by atoms with Gasteiger partial charge in [-0.05, 0) is 86.5 Å². The van der Waals surface area contributed by atoms with Crippen LogP contribution in [0.25, 0.3) is 17.3 Å². The molecule has 35 heavy (non-hydrogen) atoms. The van der Waals surface area contributed by atoms with Crippen molar-refractivity contribution in [3.8, 4) is 11.4 Å². The first-order valence-electron chi connectivity index (χ1n) is 11.7. The van der Waals surface area contributed by atoms with Crippen LogP contribution in [0.2, 0.25) is 0 Å². The third-order valence-electron chi connectivity index (χ3n) is 6.27. The van der Waals surface area contributed by atoms with Crippen molar-refractivity contribution in [1.29, 1.82) is 0 Å². The van der Waals surface area contributed by atoms with E-state index >= 15 is 0 Å². The highest BCUT2D eigenvalue weighted by molar-refractivity contribution is 6.43. The number of hydrogen-bond acceptors (Lipinski definition) is 3. The Labute approximate surface area is 204 Å². The number of anilines is 1. The van der Waals surface area contributed by atoms with E-state index in [9.17, 15) is 9.59 Å². The Morgan fingerprint density at radius 1 is 0.771 bits per heavy atom. The molecule has 5 heteroatoms. The van der Waals surface area contributed by atoms with Crippen LogP contribution in [0, 0.1) is 13.8 Å². The van der Waals surface area contributed by atoms with Gasteiger partial charge in [0.1, 0.15) is 5.75 Å². The smallest absolute Gasteiger partial charge is 0.265 e. The molecule has 2 amide bonds. The Kier molecular flexibility index (Phi) is 5.83. The zero-order valence-corrected chi connectivity index (χ0v) is 20.0. The van der Waals surface area contributed by atoms with E-state index in [1.807, 2.05) is 56.3 Å². The molecule has 0 saturated heterocycles. The molecule has 1 aliphatic heterocycles. The van der Waals surface area contributed by atoms with E-state index in [0.29, 0.717) is 34.7 Å². The maximum absolute atomic E-state index is 13.8. The van der Waals surface area contributed by atoms with E-state index in [2.05, 4.69) is 29.7 Å². The van der Waals surface area contributed by atoms with Crippen LogP contribution in [0.3, 0.4) is 0 Å². The molecular formula is C30H26N2O3. The number of rotatable bonds is 5. The number of nitrogens with zero attached hydrogens (tertiary/aromatic N) is 2. The standard InChI is InChI=1S/C30H26N2O3/c1-4-35-25-16-14-24(15-17-25)32-29(33)27-13-9-8-12-26(27)28(30(32)34)19-22-18-20(2)31(21(22)3)23-10-6-5-7-11-23/h5-19H,4H2,1-3H3/b28-19-. The molecule has 0 saturated carbocycles. The largest absolute Gasteiger partial charge is 0.494 e. The normalized spacial score (nSPS) is 14.4. The summed E-state index contributed by atoms with van der Waals surface area (Å²) >= 11 is 0. The lowest BCUT2D eigenvalue weighted by molar-refractivity contribution is -0.112. The Morgan fingerprint density at radius 3 is 2.11 bits per heavy atom. The van der Waals surface area contributed by atoms with Gasteiger partial charge < -0.3 is 9.30 Å². The van der Waals surface area contributed by atoms with Gasteiger partial charge >= 0.3 is 0 Å². The molecule has 0 atom stereocenters. The number of fused-ring (bicyclic) bond motifs is 1. The summed E-state index contributed by atoms with van der Waals surface area (Å²) in [5, 5.41) is 0. The summed E-state index contributed by atoms with van der Waals surface area (Å²) in [6.45, 7) is 6.55. The van der Waals surface area contributed by atoms with Crippen LogP contribution in [0.15, 0.2) is 84.9 Å². The highest BCUT2D eigenvalue weighted by Crippen LogP contribution is 2.35. The number of amides is 2. The Bertz CT molecular complexity index is 1450. The molecule has 5 rings (SSSR count). The Balaban J connectivity index is 1.63. The van der Waals surface area contributed by atoms with Crippen molar-refractivity contribution in [1.82, 2.24) is 4.57 Å². The Morgan fingerprint density at radius 2 is 1.43 bits per heavy atom. The van der Waals surface area contributed by atoms with Crippen LogP contribution in [0.1, 0.15) is 39.8 Å². The second kappa shape index (κ2) is 9.11. The van der Waals surface area contributed by atoms with Crippen molar-refractivity contribution >= 4 is 29.2 Å². The number of imide groups is 1. The number of aromatic nitrogens is 1. The van der Waals surface area contributed by atoms with Crippen molar-refractivity contribution in [2.45, 2.75) is 20.8 Å². The number of benzene rings is 3. The van der Waals surface area contributed by atoms with E-state index in [0.717, 1.165) is 22.6 Å². The van der Waals surface area contributed by atoms with Crippen LogP contribution in [0.5, 0.6) is 5.75 Å². The summed E-state index contributed by atoms with van der Waals surface area (Å²) in [4.78, 5) is 28.4. The first-order valence-corrected chi connectivity index (χ1v) is 11.7. The van der Waals surface area contributed by atoms with Gasteiger partial charge in [-0.1, -0.05) is 36.4 Å². The number of ether oxygens (including phenoxy) is 1. The maximum atomic E-state index is 13.8. The van der Waals surface area contributed by atoms with E-state index in [1.54, 1.807) is 30.3 Å². The molecule has 2 heterocycles. The maximum Gasteiger partial charge on any atom is 0.265 e. The van der Waals surface area contributed by atoms with Crippen LogP contribution in [-0.2, 0) is 4.79 Å². The second-order valence-corrected chi connectivity index (χ2v) is 8.47. The fourth-order valence-corrected chi connectivity index (χ4v) is 4.65. The molecule has 1 aromatic heterocycles. The number of para-hydroxylation sites is 1. The SMILES string of the molecule is CCOc1ccc(N2C(=O)/C(=C\c3cc(C)n(-c4ccccc4)c3C)c3ccccc3C2=O)cc1. The molecule has 0 bridgehead atoms. The van der Waals surface area contributed by atoms with Gasteiger partial charge in [0.2, 0.25) is 0 Å². The summed E-state index contributed by atoms with van der Waals surface area (Å²) in [7, 11) is 0. The minimum absolute atomic E-state index is 0.332. The van der Waals surface area contributed by atoms with Gasteiger partial charge in [-0.3, -0.25) is 9.59 Å². The zero-order chi connectivity index (χ0) is 24.5. The highest BCUT2D eigenvalue weighted by atomic mass is 16.5. The van der Waals surface area contributed by atoms with E-state index in [1.165, 1.54) is 4.90 Å². The van der Waals surface area contributed by atoms with Gasteiger partial charge in [-0.25, -0.2) is 4.90 Å². The molecule has 5 nitrogen and oxygen atoms in total. The van der Waals surface area contributed by atoms with Gasteiger partial charge in [0.25, 0.3) is 11.8 Å². The molecule has 0 spiro atoms. The van der Waals surface area contributed by atoms with Crippen molar-refractivity contribution in [2.24, 2.45) is 0 Å². The third-order valence-corrected chi connectivity index (χ3v) is 6.27. The van der Waals surface area contributed by atoms with Gasteiger partial charge in [-0.2, -0.15) is 0 Å². The zero-order valence-electron chi connectivity index (χ0n) is 20.0. The topological polar surface area (TPSA) is 51.5 Å². The molecule has 0 aliphatic carbocycles. The van der Waals surface area contributed by atoms with E-state index in [-0.39, 0.29) is 11.8 Å². The lowest BCUT2D eigenvalue weighted by atomic mass is 9.91. The van der Waals surface area contributed by atoms with Crippen molar-refractivity contribution in [2.75, 3.05) is 11.5 Å². The first kappa shape index (κ1) is 22.4. The van der Waals surface area contributed by atoms with Gasteiger partial charge in [0, 0.05) is 28.2 Å². The van der Waals surface area contributed by atoms with Crippen LogP contribution in [0.4, 0.5) is 5.69 Å². The molecular weight excluding hydrogens is 436 g/mol. The van der Waals surface area contributed by atoms with E-state index in [4.69, 9.17) is 4.74 Å². The molecule has 0 radical (unpaired) electrons. The molecule has 0 unspecified atom stereocenters. The van der Waals surface area contributed by atoms with Gasteiger partial charge in [-0.15, -0.1) is 0 Å². The molecule has 174 valence electrons. The van der Waals surface area contributed by atoms with Crippen LogP contribution < -0.4 is 9.64 Å². The minimum Gasteiger partial charge on any atom is -0.494 e. The average molecular weight is 463 g/mol. The van der Waals surface area contributed by atoms with E-state index < -0.39 is 0 Å². The van der Waals surface area contributed by atoms with Gasteiger partial charge in [0.15, 0.2) is 0 Å². The number of hydrogen-bond donors (Lipinski definition) is 0. The number of aryl methyl sites for hydroxylation is 1. The summed E-state index contributed by atoms with van der Waals surface area (Å²) in [6.07, 6.45) is 1.90. The lowest BCUT2D eigenvalue weighted by Gasteiger charge is -2.28. The number of carbonyl (C=O) groups excluding carboxylic acids is 2. The summed E-state index contributed by atoms with van der Waals surface area (Å²) in [6, 6.07) is 26.5. The summed E-state index contributed by atoms with van der Waals surface area (Å²) < 4.78 is 7.69.